The summed E-state index contributed by atoms with van der Waals surface area (Å²) in [5.74, 6) is -6.58. The van der Waals surface area contributed by atoms with Gasteiger partial charge in [0.05, 0.1) is 6.20 Å². The summed E-state index contributed by atoms with van der Waals surface area (Å²) in [7, 11) is 1.24. The van der Waals surface area contributed by atoms with Crippen molar-refractivity contribution in [2.75, 3.05) is 0 Å². The average Bonchev–Trinajstić information content (AvgIpc) is 2.45. The van der Waals surface area contributed by atoms with E-state index in [1.54, 1.807) is 0 Å². The Labute approximate surface area is 82.7 Å². The zero-order valence-corrected chi connectivity index (χ0v) is 7.97. The fraction of sp³-hybridized carbons (Fsp3) is 0.500. The van der Waals surface area contributed by atoms with Crippen LogP contribution in [0, 0.1) is 6.92 Å². The van der Waals surface area contributed by atoms with E-state index in [-0.39, 0.29) is 5.56 Å². The average molecular weight is 224 g/mol. The van der Waals surface area contributed by atoms with Gasteiger partial charge in [-0.05, 0) is 12.5 Å². The predicted molar refractivity (Wildman–Crippen MR) is 43.2 cm³/mol. The van der Waals surface area contributed by atoms with Gasteiger partial charge in [0.1, 0.15) is 5.69 Å². The maximum atomic E-state index is 12.7. The summed E-state index contributed by atoms with van der Waals surface area (Å²) < 4.78 is 50.1. The van der Waals surface area contributed by atoms with Gasteiger partial charge in [0.15, 0.2) is 0 Å². The molecule has 0 radical (unpaired) electrons. The highest BCUT2D eigenvalue weighted by Gasteiger charge is 2.50. The molecule has 1 heterocycles. The van der Waals surface area contributed by atoms with Crippen LogP contribution in [0.25, 0.3) is 0 Å². The molecule has 0 aliphatic heterocycles. The van der Waals surface area contributed by atoms with Crippen molar-refractivity contribution in [3.8, 4) is 0 Å². The normalized spacial score (nSPS) is 12.2. The number of Topliss-reactive ketones (excluding diaryl/α,β-unsaturated/α-hetero) is 1. The van der Waals surface area contributed by atoms with Crippen molar-refractivity contribution >= 4 is 5.78 Å². The molecule has 1 rings (SSSR count). The zero-order chi connectivity index (χ0) is 11.8. The highest BCUT2D eigenvalue weighted by Crippen LogP contribution is 2.28. The van der Waals surface area contributed by atoms with Crippen molar-refractivity contribution in [1.82, 2.24) is 9.78 Å². The Balaban J connectivity index is 3.16. The lowest BCUT2D eigenvalue weighted by atomic mass is 10.1. The lowest BCUT2D eigenvalue weighted by Crippen LogP contribution is -2.38. The molecule has 15 heavy (non-hydrogen) atoms. The number of carbonyl (C=O) groups is 1. The number of aryl methyl sites for hydroxylation is 2. The fourth-order valence-corrected chi connectivity index (χ4v) is 1.13. The molecular formula is C8H8F4N2O. The lowest BCUT2D eigenvalue weighted by Gasteiger charge is -2.14. The summed E-state index contributed by atoms with van der Waals surface area (Å²) in [5, 5.41) is 3.53. The molecule has 1 aromatic heterocycles. The number of nitrogens with zero attached hydrogens (tertiary/aromatic N) is 2. The van der Waals surface area contributed by atoms with Crippen LogP contribution in [-0.4, -0.2) is 27.9 Å². The number of carbonyl (C=O) groups excluding carboxylic acids is 1. The summed E-state index contributed by atoms with van der Waals surface area (Å²) in [6, 6.07) is 0. The van der Waals surface area contributed by atoms with E-state index in [1.807, 2.05) is 0 Å². The van der Waals surface area contributed by atoms with Crippen molar-refractivity contribution in [3.63, 3.8) is 0 Å². The molecule has 0 aliphatic carbocycles. The number of hydrogen-bond acceptors (Lipinski definition) is 2. The molecule has 0 unspecified atom stereocenters. The van der Waals surface area contributed by atoms with Crippen molar-refractivity contribution < 1.29 is 22.4 Å². The van der Waals surface area contributed by atoms with Crippen LogP contribution in [0.5, 0.6) is 0 Å². The van der Waals surface area contributed by atoms with Gasteiger partial charge in [-0.3, -0.25) is 9.48 Å². The Morgan fingerprint density at radius 2 is 2.07 bits per heavy atom. The molecule has 0 bridgehead atoms. The quantitative estimate of drug-likeness (QED) is 0.579. The molecular weight excluding hydrogens is 216 g/mol. The van der Waals surface area contributed by atoms with Crippen molar-refractivity contribution in [1.29, 1.82) is 0 Å². The predicted octanol–water partition coefficient (Wildman–Crippen LogP) is 1.81. The molecule has 0 aliphatic rings. The van der Waals surface area contributed by atoms with E-state index in [9.17, 15) is 22.4 Å². The van der Waals surface area contributed by atoms with Crippen LogP contribution >= 0.6 is 0 Å². The first-order chi connectivity index (χ1) is 6.78. The highest BCUT2D eigenvalue weighted by atomic mass is 19.3. The molecule has 0 spiro atoms. The van der Waals surface area contributed by atoms with Gasteiger partial charge in [0.2, 0.25) is 0 Å². The molecule has 0 aromatic carbocycles. The first kappa shape index (κ1) is 11.7. The topological polar surface area (TPSA) is 34.9 Å². The molecule has 0 saturated carbocycles. The third kappa shape index (κ3) is 1.86. The van der Waals surface area contributed by atoms with Crippen LogP contribution in [0.1, 0.15) is 16.1 Å². The van der Waals surface area contributed by atoms with E-state index in [1.165, 1.54) is 14.0 Å². The number of rotatable bonds is 3. The second-order valence-corrected chi connectivity index (χ2v) is 3.05. The standard InChI is InChI=1S/C8H8F4N2O/c1-4-3-13-14(2)5(4)6(15)8(11,12)7(9)10/h3,7H,1-2H3. The van der Waals surface area contributed by atoms with Crippen molar-refractivity contribution in [2.24, 2.45) is 7.05 Å². The maximum absolute atomic E-state index is 12.7. The van der Waals surface area contributed by atoms with E-state index >= 15 is 0 Å². The maximum Gasteiger partial charge on any atom is 0.370 e. The summed E-state index contributed by atoms with van der Waals surface area (Å²) in [4.78, 5) is 11.1. The lowest BCUT2D eigenvalue weighted by molar-refractivity contribution is -0.0962. The summed E-state index contributed by atoms with van der Waals surface area (Å²) in [6.07, 6.45) is -2.85. The molecule has 7 heteroatoms. The molecule has 0 atom stereocenters. The zero-order valence-electron chi connectivity index (χ0n) is 7.97. The molecule has 0 N–H and O–H groups in total. The Hall–Kier alpha value is -1.40. The van der Waals surface area contributed by atoms with Crippen molar-refractivity contribution in [2.45, 2.75) is 19.3 Å². The van der Waals surface area contributed by atoms with Gasteiger partial charge < -0.3 is 0 Å². The van der Waals surface area contributed by atoms with Gasteiger partial charge >= 0.3 is 12.3 Å². The Bertz CT molecular complexity index is 366. The van der Waals surface area contributed by atoms with Crippen LogP contribution in [-0.2, 0) is 7.05 Å². The molecule has 1 aromatic rings. The number of alkyl halides is 4. The van der Waals surface area contributed by atoms with Gasteiger partial charge in [-0.25, -0.2) is 8.78 Å². The monoisotopic (exact) mass is 224 g/mol. The number of aromatic nitrogens is 2. The molecule has 0 fully saturated rings. The molecule has 0 amide bonds. The van der Waals surface area contributed by atoms with Crippen LogP contribution in [0.2, 0.25) is 0 Å². The third-order valence-electron chi connectivity index (χ3n) is 1.91. The minimum atomic E-state index is -4.67. The molecule has 3 nitrogen and oxygen atoms in total. The van der Waals surface area contributed by atoms with E-state index in [4.69, 9.17) is 0 Å². The Kier molecular flexibility index (Phi) is 2.83. The van der Waals surface area contributed by atoms with Crippen molar-refractivity contribution in [3.05, 3.63) is 17.5 Å². The fourth-order valence-electron chi connectivity index (χ4n) is 1.13. The second kappa shape index (κ2) is 3.63. The van der Waals surface area contributed by atoms with E-state index < -0.39 is 23.8 Å². The molecule has 84 valence electrons. The van der Waals surface area contributed by atoms with Gasteiger partial charge in [-0.15, -0.1) is 0 Å². The summed E-state index contributed by atoms with van der Waals surface area (Å²) >= 11 is 0. The van der Waals surface area contributed by atoms with E-state index in [0.29, 0.717) is 0 Å². The molecule has 0 saturated heterocycles. The number of hydrogen-bond donors (Lipinski definition) is 0. The van der Waals surface area contributed by atoms with Crippen LogP contribution < -0.4 is 0 Å². The summed E-state index contributed by atoms with van der Waals surface area (Å²) in [5.41, 5.74) is -0.358. The third-order valence-corrected chi connectivity index (χ3v) is 1.91. The van der Waals surface area contributed by atoms with Gasteiger partial charge in [0.25, 0.3) is 5.78 Å². The number of ketones is 1. The minimum absolute atomic E-state index is 0.142. The Morgan fingerprint density at radius 1 is 1.53 bits per heavy atom. The van der Waals surface area contributed by atoms with Crippen LogP contribution in [0.4, 0.5) is 17.6 Å². The van der Waals surface area contributed by atoms with Gasteiger partial charge in [-0.1, -0.05) is 0 Å². The second-order valence-electron chi connectivity index (χ2n) is 3.05. The first-order valence-electron chi connectivity index (χ1n) is 3.97. The summed E-state index contributed by atoms with van der Waals surface area (Å²) in [6.45, 7) is 1.35. The van der Waals surface area contributed by atoms with Crippen LogP contribution in [0.15, 0.2) is 6.20 Å². The number of halogens is 4. The van der Waals surface area contributed by atoms with E-state index in [2.05, 4.69) is 5.10 Å². The van der Waals surface area contributed by atoms with Gasteiger partial charge in [-0.2, -0.15) is 13.9 Å². The smallest absolute Gasteiger partial charge is 0.285 e. The Morgan fingerprint density at radius 3 is 2.40 bits per heavy atom. The first-order valence-corrected chi connectivity index (χ1v) is 3.97. The SMILES string of the molecule is Cc1cnn(C)c1C(=O)C(F)(F)C(F)F. The largest absolute Gasteiger partial charge is 0.370 e. The van der Waals surface area contributed by atoms with Crippen LogP contribution in [0.3, 0.4) is 0 Å². The van der Waals surface area contributed by atoms with Gasteiger partial charge in [0, 0.05) is 7.05 Å². The van der Waals surface area contributed by atoms with E-state index in [0.717, 1.165) is 10.9 Å². The minimum Gasteiger partial charge on any atom is -0.285 e. The highest BCUT2D eigenvalue weighted by molar-refractivity contribution is 6.01.